The molecular weight excluding hydrogens is 194 g/mol. The molecule has 0 amide bonds. The predicted octanol–water partition coefficient (Wildman–Crippen LogP) is 1.05. The molecule has 0 aliphatic carbocycles. The number of ether oxygens (including phenoxy) is 3. The Bertz CT molecular complexity index is 122. The van der Waals surface area contributed by atoms with Crippen molar-refractivity contribution in [2.45, 2.75) is 26.3 Å². The van der Waals surface area contributed by atoms with Crippen molar-refractivity contribution in [3.8, 4) is 0 Å². The molecule has 0 rings (SSSR count). The first-order chi connectivity index (χ1) is 7.31. The Morgan fingerprint density at radius 1 is 1.00 bits per heavy atom. The van der Waals surface area contributed by atoms with E-state index in [9.17, 15) is 0 Å². The van der Waals surface area contributed by atoms with Gasteiger partial charge in [0.2, 0.25) is 0 Å². The van der Waals surface area contributed by atoms with Gasteiger partial charge in [-0.05, 0) is 19.9 Å². The molecule has 0 aliphatic rings. The Labute approximate surface area is 93.3 Å². The standard InChI is InChI=1S/C11H25NO3/c1-4-12-11(2)5-6-14-9-10-15-8-7-13-3/h11-12H,4-10H2,1-3H3. The summed E-state index contributed by atoms with van der Waals surface area (Å²) in [7, 11) is 1.67. The van der Waals surface area contributed by atoms with Crippen molar-refractivity contribution in [3.05, 3.63) is 0 Å². The quantitative estimate of drug-likeness (QED) is 0.527. The first-order valence-corrected chi connectivity index (χ1v) is 5.69. The first kappa shape index (κ1) is 14.8. The Balaban J connectivity index is 2.98. The third kappa shape index (κ3) is 11.8. The lowest BCUT2D eigenvalue weighted by molar-refractivity contribution is 0.0231. The molecule has 92 valence electrons. The Morgan fingerprint density at radius 3 is 2.20 bits per heavy atom. The summed E-state index contributed by atoms with van der Waals surface area (Å²) < 4.78 is 15.5. The van der Waals surface area contributed by atoms with E-state index in [0.717, 1.165) is 19.6 Å². The smallest absolute Gasteiger partial charge is 0.0701 e. The summed E-state index contributed by atoms with van der Waals surface area (Å²) in [5.41, 5.74) is 0. The van der Waals surface area contributed by atoms with Gasteiger partial charge in [-0.3, -0.25) is 0 Å². The molecule has 1 unspecified atom stereocenters. The van der Waals surface area contributed by atoms with Gasteiger partial charge in [0.05, 0.1) is 26.4 Å². The molecule has 0 aromatic rings. The second kappa shape index (κ2) is 11.9. The van der Waals surface area contributed by atoms with Crippen molar-refractivity contribution in [2.75, 3.05) is 46.7 Å². The highest BCUT2D eigenvalue weighted by Crippen LogP contribution is 1.91. The van der Waals surface area contributed by atoms with E-state index >= 15 is 0 Å². The van der Waals surface area contributed by atoms with Crippen LogP contribution in [0.1, 0.15) is 20.3 Å². The molecule has 15 heavy (non-hydrogen) atoms. The van der Waals surface area contributed by atoms with Crippen LogP contribution in [0.5, 0.6) is 0 Å². The van der Waals surface area contributed by atoms with E-state index in [0.29, 0.717) is 32.5 Å². The summed E-state index contributed by atoms with van der Waals surface area (Å²) in [6, 6.07) is 0.532. The fourth-order valence-corrected chi connectivity index (χ4v) is 1.17. The SMILES string of the molecule is CCNC(C)CCOCCOCCOC. The van der Waals surface area contributed by atoms with E-state index < -0.39 is 0 Å². The highest BCUT2D eigenvalue weighted by atomic mass is 16.5. The van der Waals surface area contributed by atoms with Crippen molar-refractivity contribution in [3.63, 3.8) is 0 Å². The molecule has 0 fully saturated rings. The third-order valence-corrected chi connectivity index (χ3v) is 2.05. The zero-order valence-corrected chi connectivity index (χ0v) is 10.3. The van der Waals surface area contributed by atoms with Crippen LogP contribution in [0.15, 0.2) is 0 Å². The minimum absolute atomic E-state index is 0.532. The van der Waals surface area contributed by atoms with Crippen LogP contribution in [0.25, 0.3) is 0 Å². The monoisotopic (exact) mass is 219 g/mol. The molecule has 0 spiro atoms. The van der Waals surface area contributed by atoms with E-state index in [2.05, 4.69) is 19.2 Å². The fourth-order valence-electron chi connectivity index (χ4n) is 1.17. The van der Waals surface area contributed by atoms with Crippen LogP contribution in [0.2, 0.25) is 0 Å². The normalized spacial score (nSPS) is 13.0. The Morgan fingerprint density at radius 2 is 1.60 bits per heavy atom. The molecule has 1 atom stereocenters. The molecule has 1 N–H and O–H groups in total. The minimum atomic E-state index is 0.532. The number of rotatable bonds is 11. The Hall–Kier alpha value is -0.160. The van der Waals surface area contributed by atoms with E-state index in [1.165, 1.54) is 0 Å². The van der Waals surface area contributed by atoms with Crippen molar-refractivity contribution in [1.29, 1.82) is 0 Å². The van der Waals surface area contributed by atoms with Crippen molar-refractivity contribution >= 4 is 0 Å². The van der Waals surface area contributed by atoms with Gasteiger partial charge in [0.25, 0.3) is 0 Å². The number of methoxy groups -OCH3 is 1. The predicted molar refractivity (Wildman–Crippen MR) is 61.3 cm³/mol. The van der Waals surface area contributed by atoms with Crippen LogP contribution in [-0.4, -0.2) is 52.7 Å². The van der Waals surface area contributed by atoms with Crippen LogP contribution in [0.4, 0.5) is 0 Å². The first-order valence-electron chi connectivity index (χ1n) is 5.69. The van der Waals surface area contributed by atoms with Gasteiger partial charge < -0.3 is 19.5 Å². The van der Waals surface area contributed by atoms with Gasteiger partial charge in [-0.2, -0.15) is 0 Å². The minimum Gasteiger partial charge on any atom is -0.382 e. The molecule has 0 aromatic carbocycles. The zero-order chi connectivity index (χ0) is 11.4. The van der Waals surface area contributed by atoms with Crippen molar-refractivity contribution in [2.24, 2.45) is 0 Å². The van der Waals surface area contributed by atoms with Crippen molar-refractivity contribution in [1.82, 2.24) is 5.32 Å². The number of nitrogens with one attached hydrogen (secondary N) is 1. The molecule has 4 heteroatoms. The van der Waals surface area contributed by atoms with Gasteiger partial charge in [0.1, 0.15) is 0 Å². The van der Waals surface area contributed by atoms with Gasteiger partial charge in [-0.1, -0.05) is 6.92 Å². The van der Waals surface area contributed by atoms with E-state index in [1.807, 2.05) is 0 Å². The van der Waals surface area contributed by atoms with E-state index in [1.54, 1.807) is 7.11 Å². The summed E-state index contributed by atoms with van der Waals surface area (Å²) in [6.45, 7) is 8.71. The summed E-state index contributed by atoms with van der Waals surface area (Å²) in [6.07, 6.45) is 1.05. The topological polar surface area (TPSA) is 39.7 Å². The fraction of sp³-hybridized carbons (Fsp3) is 1.00. The lowest BCUT2D eigenvalue weighted by atomic mass is 10.2. The second-order valence-electron chi connectivity index (χ2n) is 3.46. The molecule has 4 nitrogen and oxygen atoms in total. The summed E-state index contributed by atoms with van der Waals surface area (Å²) in [4.78, 5) is 0. The van der Waals surface area contributed by atoms with Gasteiger partial charge in [-0.25, -0.2) is 0 Å². The van der Waals surface area contributed by atoms with Crippen LogP contribution in [0, 0.1) is 0 Å². The largest absolute Gasteiger partial charge is 0.382 e. The average Bonchev–Trinajstić information content (AvgIpc) is 2.22. The third-order valence-electron chi connectivity index (χ3n) is 2.05. The maximum Gasteiger partial charge on any atom is 0.0701 e. The summed E-state index contributed by atoms with van der Waals surface area (Å²) in [5.74, 6) is 0. The molecule has 0 heterocycles. The van der Waals surface area contributed by atoms with Crippen molar-refractivity contribution < 1.29 is 14.2 Å². The van der Waals surface area contributed by atoms with Crippen LogP contribution < -0.4 is 5.32 Å². The average molecular weight is 219 g/mol. The summed E-state index contributed by atoms with van der Waals surface area (Å²) in [5, 5.41) is 3.34. The lowest BCUT2D eigenvalue weighted by Gasteiger charge is -2.12. The Kier molecular flexibility index (Phi) is 11.8. The highest BCUT2D eigenvalue weighted by molar-refractivity contribution is 4.57. The van der Waals surface area contributed by atoms with E-state index in [4.69, 9.17) is 14.2 Å². The van der Waals surface area contributed by atoms with Gasteiger partial charge in [-0.15, -0.1) is 0 Å². The molecule has 0 aliphatic heterocycles. The molecule has 0 saturated heterocycles. The molecule has 0 radical (unpaired) electrons. The summed E-state index contributed by atoms with van der Waals surface area (Å²) >= 11 is 0. The molecule has 0 aromatic heterocycles. The maximum absolute atomic E-state index is 5.43. The molecule has 0 bridgehead atoms. The van der Waals surface area contributed by atoms with E-state index in [-0.39, 0.29) is 0 Å². The van der Waals surface area contributed by atoms with Crippen LogP contribution in [0.3, 0.4) is 0 Å². The molecule has 0 saturated carbocycles. The van der Waals surface area contributed by atoms with Crippen LogP contribution >= 0.6 is 0 Å². The van der Waals surface area contributed by atoms with Gasteiger partial charge >= 0.3 is 0 Å². The van der Waals surface area contributed by atoms with Crippen LogP contribution in [-0.2, 0) is 14.2 Å². The van der Waals surface area contributed by atoms with Gasteiger partial charge in [0, 0.05) is 19.8 Å². The highest BCUT2D eigenvalue weighted by Gasteiger charge is 1.98. The number of hydrogen-bond acceptors (Lipinski definition) is 4. The second-order valence-corrected chi connectivity index (χ2v) is 3.46. The number of hydrogen-bond donors (Lipinski definition) is 1. The molecular formula is C11H25NO3. The van der Waals surface area contributed by atoms with Gasteiger partial charge in [0.15, 0.2) is 0 Å². The maximum atomic E-state index is 5.43. The zero-order valence-electron chi connectivity index (χ0n) is 10.3. The lowest BCUT2D eigenvalue weighted by Crippen LogP contribution is -2.27.